The largest absolute Gasteiger partial charge is 0.338 e. The van der Waals surface area contributed by atoms with E-state index in [9.17, 15) is 4.79 Å². The fourth-order valence-electron chi connectivity index (χ4n) is 2.34. The average Bonchev–Trinajstić information content (AvgIpc) is 2.35. The maximum Gasteiger partial charge on any atom is 0.223 e. The van der Waals surface area contributed by atoms with E-state index < -0.39 is 0 Å². The van der Waals surface area contributed by atoms with Gasteiger partial charge in [-0.05, 0) is 37.9 Å². The quantitative estimate of drug-likeness (QED) is 0.851. The highest BCUT2D eigenvalue weighted by molar-refractivity contribution is 5.76. The van der Waals surface area contributed by atoms with Crippen LogP contribution >= 0.6 is 0 Å². The molecule has 0 radical (unpaired) electrons. The molecule has 1 aromatic carbocycles. The van der Waals surface area contributed by atoms with E-state index in [0.29, 0.717) is 18.2 Å². The molecule has 0 bridgehead atoms. The number of aryl methyl sites for hydroxylation is 1. The van der Waals surface area contributed by atoms with Crippen LogP contribution in [0.5, 0.6) is 0 Å². The van der Waals surface area contributed by atoms with E-state index >= 15 is 0 Å². The number of hydrogen-bond acceptors (Lipinski definition) is 2. The zero-order valence-electron chi connectivity index (χ0n) is 12.0. The van der Waals surface area contributed by atoms with Crippen LogP contribution in [0.1, 0.15) is 30.9 Å². The van der Waals surface area contributed by atoms with Crippen molar-refractivity contribution in [3.05, 3.63) is 35.4 Å². The van der Waals surface area contributed by atoms with Crippen LogP contribution in [0.4, 0.5) is 0 Å². The highest BCUT2D eigenvalue weighted by atomic mass is 16.2. The summed E-state index contributed by atoms with van der Waals surface area (Å²) in [5.74, 6) is 0.846. The Hall–Kier alpha value is -1.35. The van der Waals surface area contributed by atoms with Gasteiger partial charge in [-0.2, -0.15) is 0 Å². The second kappa shape index (κ2) is 6.71. The highest BCUT2D eigenvalue weighted by Crippen LogP contribution is 2.14. The van der Waals surface area contributed by atoms with Crippen molar-refractivity contribution in [3.8, 4) is 0 Å². The van der Waals surface area contributed by atoms with Crippen molar-refractivity contribution in [2.24, 2.45) is 5.92 Å². The van der Waals surface area contributed by atoms with Gasteiger partial charge >= 0.3 is 0 Å². The summed E-state index contributed by atoms with van der Waals surface area (Å²) in [5.41, 5.74) is 2.48. The molecule has 1 heterocycles. The molecule has 0 unspecified atom stereocenters. The Labute approximate surface area is 116 Å². The Kier molecular flexibility index (Phi) is 4.97. The highest BCUT2D eigenvalue weighted by Gasteiger charge is 2.23. The molecule has 3 heteroatoms. The van der Waals surface area contributed by atoms with Gasteiger partial charge in [0.15, 0.2) is 0 Å². The normalized spacial score (nSPS) is 15.1. The smallest absolute Gasteiger partial charge is 0.223 e. The summed E-state index contributed by atoms with van der Waals surface area (Å²) < 4.78 is 0. The number of rotatable bonds is 6. The number of benzene rings is 1. The van der Waals surface area contributed by atoms with Gasteiger partial charge in [-0.3, -0.25) is 4.79 Å². The molecule has 1 aliphatic rings. The Morgan fingerprint density at radius 1 is 1.32 bits per heavy atom. The zero-order chi connectivity index (χ0) is 13.7. The van der Waals surface area contributed by atoms with Crippen LogP contribution in [-0.4, -0.2) is 30.4 Å². The second-order valence-electron chi connectivity index (χ2n) is 5.53. The van der Waals surface area contributed by atoms with Crippen molar-refractivity contribution in [3.63, 3.8) is 0 Å². The van der Waals surface area contributed by atoms with Crippen LogP contribution in [0.3, 0.4) is 0 Å². The maximum absolute atomic E-state index is 12.3. The first-order valence-electron chi connectivity index (χ1n) is 7.23. The standard InChI is InChI=1S/C16H24N2O/c1-3-8-18(16(19)9-15-10-17-11-15)12-14-6-4-13(2)5-7-14/h4-7,15,17H,3,8-12H2,1-2H3. The van der Waals surface area contributed by atoms with Crippen LogP contribution in [-0.2, 0) is 11.3 Å². The number of carbonyl (C=O) groups is 1. The lowest BCUT2D eigenvalue weighted by Gasteiger charge is -2.30. The molecule has 0 atom stereocenters. The first-order chi connectivity index (χ1) is 9.19. The van der Waals surface area contributed by atoms with Gasteiger partial charge in [-0.25, -0.2) is 0 Å². The van der Waals surface area contributed by atoms with E-state index in [1.807, 2.05) is 4.90 Å². The molecule has 1 amide bonds. The fourth-order valence-corrected chi connectivity index (χ4v) is 2.34. The summed E-state index contributed by atoms with van der Waals surface area (Å²) in [4.78, 5) is 14.3. The molecule has 0 saturated carbocycles. The van der Waals surface area contributed by atoms with E-state index in [-0.39, 0.29) is 0 Å². The minimum absolute atomic E-state index is 0.300. The molecular weight excluding hydrogens is 236 g/mol. The SMILES string of the molecule is CCCN(Cc1ccc(C)cc1)C(=O)CC1CNC1. The molecule has 1 aliphatic heterocycles. The first kappa shape index (κ1) is 14.1. The number of amides is 1. The average molecular weight is 260 g/mol. The number of nitrogens with one attached hydrogen (secondary N) is 1. The summed E-state index contributed by atoms with van der Waals surface area (Å²) >= 11 is 0. The third-order valence-electron chi connectivity index (χ3n) is 3.67. The Balaban J connectivity index is 1.94. The van der Waals surface area contributed by atoms with Gasteiger partial charge in [0.25, 0.3) is 0 Å². The van der Waals surface area contributed by atoms with Gasteiger partial charge in [0.2, 0.25) is 5.91 Å². The molecule has 1 saturated heterocycles. The summed E-state index contributed by atoms with van der Waals surface area (Å²) in [7, 11) is 0. The molecule has 1 N–H and O–H groups in total. The maximum atomic E-state index is 12.3. The van der Waals surface area contributed by atoms with Crippen LogP contribution in [0.25, 0.3) is 0 Å². The molecule has 0 aromatic heterocycles. The Morgan fingerprint density at radius 2 is 2.00 bits per heavy atom. The van der Waals surface area contributed by atoms with Gasteiger partial charge in [0, 0.05) is 19.5 Å². The molecule has 0 spiro atoms. The summed E-state index contributed by atoms with van der Waals surface area (Å²) in [6, 6.07) is 8.46. The van der Waals surface area contributed by atoms with E-state index in [1.54, 1.807) is 0 Å². The lowest BCUT2D eigenvalue weighted by molar-refractivity contribution is -0.133. The molecule has 104 valence electrons. The summed E-state index contributed by atoms with van der Waals surface area (Å²) in [5, 5.41) is 3.22. The minimum atomic E-state index is 0.300. The Bertz CT molecular complexity index is 409. The predicted molar refractivity (Wildman–Crippen MR) is 77.9 cm³/mol. The van der Waals surface area contributed by atoms with Gasteiger partial charge in [0.1, 0.15) is 0 Å². The number of nitrogens with zero attached hydrogens (tertiary/aromatic N) is 1. The second-order valence-corrected chi connectivity index (χ2v) is 5.53. The van der Waals surface area contributed by atoms with Gasteiger partial charge in [-0.1, -0.05) is 36.8 Å². The van der Waals surface area contributed by atoms with E-state index in [4.69, 9.17) is 0 Å². The third kappa shape index (κ3) is 4.06. The van der Waals surface area contributed by atoms with Crippen LogP contribution in [0.15, 0.2) is 24.3 Å². The summed E-state index contributed by atoms with van der Waals surface area (Å²) in [6.45, 7) is 7.80. The van der Waals surface area contributed by atoms with Crippen LogP contribution in [0.2, 0.25) is 0 Å². The van der Waals surface area contributed by atoms with E-state index in [0.717, 1.165) is 32.6 Å². The number of hydrogen-bond donors (Lipinski definition) is 1. The molecule has 1 fully saturated rings. The molecule has 0 aliphatic carbocycles. The van der Waals surface area contributed by atoms with E-state index in [1.165, 1.54) is 11.1 Å². The molecular formula is C16H24N2O. The van der Waals surface area contributed by atoms with Crippen molar-refractivity contribution >= 4 is 5.91 Å². The number of carbonyl (C=O) groups excluding carboxylic acids is 1. The predicted octanol–water partition coefficient (Wildman–Crippen LogP) is 2.34. The van der Waals surface area contributed by atoms with Gasteiger partial charge in [-0.15, -0.1) is 0 Å². The first-order valence-corrected chi connectivity index (χ1v) is 7.23. The minimum Gasteiger partial charge on any atom is -0.338 e. The van der Waals surface area contributed by atoms with Crippen molar-refractivity contribution < 1.29 is 4.79 Å². The summed E-state index contributed by atoms with van der Waals surface area (Å²) in [6.07, 6.45) is 1.71. The van der Waals surface area contributed by atoms with Gasteiger partial charge < -0.3 is 10.2 Å². The molecule has 1 aromatic rings. The Morgan fingerprint density at radius 3 is 2.53 bits per heavy atom. The van der Waals surface area contributed by atoms with Crippen molar-refractivity contribution in [2.45, 2.75) is 33.2 Å². The molecule has 19 heavy (non-hydrogen) atoms. The fraction of sp³-hybridized carbons (Fsp3) is 0.562. The molecule has 3 nitrogen and oxygen atoms in total. The van der Waals surface area contributed by atoms with Crippen molar-refractivity contribution in [2.75, 3.05) is 19.6 Å². The van der Waals surface area contributed by atoms with Crippen molar-refractivity contribution in [1.29, 1.82) is 0 Å². The van der Waals surface area contributed by atoms with Crippen LogP contribution in [0, 0.1) is 12.8 Å². The van der Waals surface area contributed by atoms with Crippen LogP contribution < -0.4 is 5.32 Å². The van der Waals surface area contributed by atoms with E-state index in [2.05, 4.69) is 43.4 Å². The zero-order valence-corrected chi connectivity index (χ0v) is 12.0. The molecule has 2 rings (SSSR count). The lowest BCUT2D eigenvalue weighted by atomic mass is 9.98. The monoisotopic (exact) mass is 260 g/mol. The van der Waals surface area contributed by atoms with Gasteiger partial charge in [0.05, 0.1) is 0 Å². The van der Waals surface area contributed by atoms with Crippen molar-refractivity contribution in [1.82, 2.24) is 10.2 Å². The topological polar surface area (TPSA) is 32.3 Å². The lowest BCUT2D eigenvalue weighted by Crippen LogP contribution is -2.45. The third-order valence-corrected chi connectivity index (χ3v) is 3.67.